The first-order chi connectivity index (χ1) is 17.6. The smallest absolute Gasteiger partial charge is 0.307 e. The number of furan rings is 2. The molecule has 1 aliphatic rings. The van der Waals surface area contributed by atoms with Gasteiger partial charge in [0, 0.05) is 23.2 Å². The fourth-order valence-electron chi connectivity index (χ4n) is 3.99. The van der Waals surface area contributed by atoms with Crippen LogP contribution in [0, 0.1) is 6.92 Å². The van der Waals surface area contributed by atoms with Crippen molar-refractivity contribution in [3.63, 3.8) is 0 Å². The third-order valence-corrected chi connectivity index (χ3v) is 5.73. The molecule has 0 spiro atoms. The molecule has 0 aliphatic heterocycles. The predicted molar refractivity (Wildman–Crippen MR) is 134 cm³/mol. The van der Waals surface area contributed by atoms with Gasteiger partial charge in [-0.2, -0.15) is 15.3 Å². The molecule has 36 heavy (non-hydrogen) atoms. The summed E-state index contributed by atoms with van der Waals surface area (Å²) in [5.41, 5.74) is 6.67. The highest BCUT2D eigenvalue weighted by Gasteiger charge is 2.28. The maximum absolute atomic E-state index is 13.0. The van der Waals surface area contributed by atoms with E-state index in [1.54, 1.807) is 36.4 Å². The number of azo groups is 1. The van der Waals surface area contributed by atoms with E-state index >= 15 is 0 Å². The van der Waals surface area contributed by atoms with Gasteiger partial charge in [-0.05, 0) is 68.3 Å². The molecule has 1 aliphatic carbocycles. The number of aryl methyl sites for hydroxylation is 1. The summed E-state index contributed by atoms with van der Waals surface area (Å²) in [5, 5.41) is 15.6. The standard InChI is InChI=1S/C27H23N5O4/c1-17-24-21(31-32-26(33)23-11-6-16-35-23)9-5-10-22(24)36-25(17)27(34)28-18-12-14-20(15-13-18)30-29-19-7-3-2-4-8-19/h2-4,6-8,11-16H,5,9-10H2,1H3,(H,28,34)(H,32,33)/b30-29?,31-21+. The number of anilines is 1. The Hall–Kier alpha value is -4.79. The van der Waals surface area contributed by atoms with Crippen molar-refractivity contribution in [1.82, 2.24) is 5.43 Å². The summed E-state index contributed by atoms with van der Waals surface area (Å²) in [6, 6.07) is 19.7. The SMILES string of the molecule is Cc1c(C(=O)Nc2ccc(N=Nc3ccccc3)cc2)oc2c1/C(=N/NC(=O)c1ccco1)CCC2. The van der Waals surface area contributed by atoms with Crippen LogP contribution in [0.25, 0.3) is 0 Å². The number of hydrazone groups is 1. The van der Waals surface area contributed by atoms with Crippen LogP contribution in [0.3, 0.4) is 0 Å². The van der Waals surface area contributed by atoms with E-state index in [1.807, 2.05) is 37.3 Å². The Bertz CT molecular complexity index is 1440. The third kappa shape index (κ3) is 5.00. The van der Waals surface area contributed by atoms with E-state index in [0.29, 0.717) is 41.3 Å². The van der Waals surface area contributed by atoms with Gasteiger partial charge in [0.15, 0.2) is 11.5 Å². The lowest BCUT2D eigenvalue weighted by Gasteiger charge is -2.13. The van der Waals surface area contributed by atoms with Gasteiger partial charge < -0.3 is 14.2 Å². The number of carbonyl (C=O) groups excluding carboxylic acids is 2. The molecule has 9 heteroatoms. The van der Waals surface area contributed by atoms with Gasteiger partial charge in [0.25, 0.3) is 5.91 Å². The molecule has 4 aromatic rings. The molecule has 2 aromatic heterocycles. The number of carbonyl (C=O) groups is 2. The lowest BCUT2D eigenvalue weighted by Crippen LogP contribution is -2.21. The van der Waals surface area contributed by atoms with E-state index < -0.39 is 5.91 Å². The van der Waals surface area contributed by atoms with E-state index in [4.69, 9.17) is 8.83 Å². The molecule has 0 radical (unpaired) electrons. The van der Waals surface area contributed by atoms with Crippen LogP contribution in [0.15, 0.2) is 97.2 Å². The van der Waals surface area contributed by atoms with E-state index in [2.05, 4.69) is 26.1 Å². The van der Waals surface area contributed by atoms with Crippen molar-refractivity contribution >= 4 is 34.6 Å². The molecule has 2 amide bonds. The van der Waals surface area contributed by atoms with Crippen LogP contribution < -0.4 is 10.7 Å². The zero-order valence-electron chi connectivity index (χ0n) is 19.5. The van der Waals surface area contributed by atoms with Crippen molar-refractivity contribution in [3.8, 4) is 0 Å². The van der Waals surface area contributed by atoms with Crippen LogP contribution >= 0.6 is 0 Å². The zero-order valence-corrected chi connectivity index (χ0v) is 19.5. The Labute approximate surface area is 206 Å². The summed E-state index contributed by atoms with van der Waals surface area (Å²) in [6.45, 7) is 1.82. The molecule has 2 aromatic carbocycles. The van der Waals surface area contributed by atoms with Gasteiger partial charge in [0.1, 0.15) is 5.76 Å². The molecular weight excluding hydrogens is 458 g/mol. The Kier molecular flexibility index (Phi) is 6.53. The average Bonchev–Trinajstić information content (AvgIpc) is 3.56. The van der Waals surface area contributed by atoms with Gasteiger partial charge >= 0.3 is 5.91 Å². The molecule has 2 heterocycles. The van der Waals surface area contributed by atoms with Crippen LogP contribution in [0.2, 0.25) is 0 Å². The summed E-state index contributed by atoms with van der Waals surface area (Å²) < 4.78 is 11.0. The molecule has 9 nitrogen and oxygen atoms in total. The summed E-state index contributed by atoms with van der Waals surface area (Å²) in [6.07, 6.45) is 3.57. The summed E-state index contributed by atoms with van der Waals surface area (Å²) in [7, 11) is 0. The Balaban J connectivity index is 1.29. The van der Waals surface area contributed by atoms with Crippen LogP contribution in [0.1, 0.15) is 50.8 Å². The van der Waals surface area contributed by atoms with Gasteiger partial charge in [-0.1, -0.05) is 18.2 Å². The number of hydrogen-bond donors (Lipinski definition) is 2. The molecule has 0 fully saturated rings. The topological polar surface area (TPSA) is 122 Å². The minimum atomic E-state index is -0.439. The number of benzene rings is 2. The second-order valence-electron chi connectivity index (χ2n) is 8.22. The number of hydrogen-bond acceptors (Lipinski definition) is 7. The van der Waals surface area contributed by atoms with Crippen LogP contribution in [-0.4, -0.2) is 17.5 Å². The normalized spacial score (nSPS) is 14.1. The van der Waals surface area contributed by atoms with Crippen molar-refractivity contribution in [1.29, 1.82) is 0 Å². The molecule has 0 atom stereocenters. The van der Waals surface area contributed by atoms with Crippen molar-refractivity contribution in [3.05, 3.63) is 101 Å². The maximum atomic E-state index is 13.0. The van der Waals surface area contributed by atoms with Gasteiger partial charge in [-0.3, -0.25) is 9.59 Å². The average molecular weight is 482 g/mol. The first kappa shape index (κ1) is 23.0. The molecule has 0 bridgehead atoms. The van der Waals surface area contributed by atoms with Gasteiger partial charge in [-0.25, -0.2) is 5.43 Å². The molecule has 180 valence electrons. The summed E-state index contributed by atoms with van der Waals surface area (Å²) in [5.74, 6) is 0.281. The van der Waals surface area contributed by atoms with Gasteiger partial charge in [0.05, 0.1) is 23.3 Å². The van der Waals surface area contributed by atoms with E-state index in [1.165, 1.54) is 6.26 Å². The van der Waals surface area contributed by atoms with E-state index in [0.717, 1.165) is 17.7 Å². The number of rotatable bonds is 6. The Morgan fingerprint density at radius 3 is 2.33 bits per heavy atom. The quantitative estimate of drug-likeness (QED) is 0.247. The van der Waals surface area contributed by atoms with Crippen molar-refractivity contribution in [2.75, 3.05) is 5.32 Å². The number of fused-ring (bicyclic) bond motifs is 1. The maximum Gasteiger partial charge on any atom is 0.307 e. The van der Waals surface area contributed by atoms with E-state index in [-0.39, 0.29) is 17.4 Å². The van der Waals surface area contributed by atoms with Crippen LogP contribution in [0.5, 0.6) is 0 Å². The molecule has 5 rings (SSSR count). The van der Waals surface area contributed by atoms with Crippen molar-refractivity contribution < 1.29 is 18.4 Å². The van der Waals surface area contributed by atoms with Gasteiger partial charge in [0.2, 0.25) is 0 Å². The van der Waals surface area contributed by atoms with Crippen molar-refractivity contribution in [2.45, 2.75) is 26.2 Å². The highest BCUT2D eigenvalue weighted by Crippen LogP contribution is 2.30. The van der Waals surface area contributed by atoms with Crippen LogP contribution in [-0.2, 0) is 6.42 Å². The predicted octanol–water partition coefficient (Wildman–Crippen LogP) is 6.32. The second-order valence-corrected chi connectivity index (χ2v) is 8.22. The number of nitrogens with zero attached hydrogens (tertiary/aromatic N) is 3. The zero-order chi connectivity index (χ0) is 24.9. The molecule has 0 saturated heterocycles. The van der Waals surface area contributed by atoms with Gasteiger partial charge in [-0.15, -0.1) is 0 Å². The fraction of sp³-hybridized carbons (Fsp3) is 0.148. The summed E-state index contributed by atoms with van der Waals surface area (Å²) in [4.78, 5) is 25.2. The van der Waals surface area contributed by atoms with Crippen molar-refractivity contribution in [2.24, 2.45) is 15.3 Å². The molecule has 0 saturated carbocycles. The third-order valence-electron chi connectivity index (χ3n) is 5.73. The lowest BCUT2D eigenvalue weighted by atomic mass is 9.93. The number of amides is 2. The Morgan fingerprint density at radius 1 is 0.861 bits per heavy atom. The highest BCUT2D eigenvalue weighted by atomic mass is 16.4. The number of nitrogens with one attached hydrogen (secondary N) is 2. The minimum absolute atomic E-state index is 0.173. The van der Waals surface area contributed by atoms with Crippen LogP contribution in [0.4, 0.5) is 17.1 Å². The molecular formula is C27H23N5O4. The first-order valence-electron chi connectivity index (χ1n) is 11.5. The molecule has 2 N–H and O–H groups in total. The fourth-order valence-corrected chi connectivity index (χ4v) is 3.99. The molecule has 0 unspecified atom stereocenters. The van der Waals surface area contributed by atoms with E-state index in [9.17, 15) is 9.59 Å². The second kappa shape index (κ2) is 10.2. The lowest BCUT2D eigenvalue weighted by molar-refractivity contribution is 0.0926. The highest BCUT2D eigenvalue weighted by molar-refractivity contribution is 6.09. The summed E-state index contributed by atoms with van der Waals surface area (Å²) >= 11 is 0. The monoisotopic (exact) mass is 481 g/mol. The largest absolute Gasteiger partial charge is 0.459 e. The first-order valence-corrected chi connectivity index (χ1v) is 11.5. The minimum Gasteiger partial charge on any atom is -0.459 e. The Morgan fingerprint density at radius 2 is 1.61 bits per heavy atom.